The Morgan fingerprint density at radius 2 is 2.07 bits per heavy atom. The average molecular weight is 377 g/mol. The molecular formula is C20H19N5OS. The molecule has 3 aromatic heterocycles. The number of hydrogen-bond acceptors (Lipinski definition) is 6. The lowest BCUT2D eigenvalue weighted by Crippen LogP contribution is -1.99. The summed E-state index contributed by atoms with van der Waals surface area (Å²) < 4.78 is 1.76. The first-order valence-electron chi connectivity index (χ1n) is 9.16. The minimum Gasteiger partial charge on any atom is -0.387 e. The minimum atomic E-state index is 0.236. The van der Waals surface area contributed by atoms with Gasteiger partial charge >= 0.3 is 0 Å². The molecule has 0 spiro atoms. The van der Waals surface area contributed by atoms with Crippen molar-refractivity contribution in [3.05, 3.63) is 58.5 Å². The molecule has 0 saturated carbocycles. The maximum Gasteiger partial charge on any atom is 0.192 e. The van der Waals surface area contributed by atoms with Crippen molar-refractivity contribution in [2.45, 2.75) is 39.2 Å². The Bertz CT molecular complexity index is 1150. The van der Waals surface area contributed by atoms with Crippen molar-refractivity contribution in [2.75, 3.05) is 0 Å². The van der Waals surface area contributed by atoms with Gasteiger partial charge in [0.25, 0.3) is 0 Å². The van der Waals surface area contributed by atoms with E-state index in [1.54, 1.807) is 22.2 Å². The number of thiophene rings is 1. The molecule has 0 N–H and O–H groups in total. The van der Waals surface area contributed by atoms with E-state index in [2.05, 4.69) is 15.2 Å². The van der Waals surface area contributed by atoms with Gasteiger partial charge in [0.2, 0.25) is 0 Å². The van der Waals surface area contributed by atoms with Crippen molar-refractivity contribution in [1.82, 2.24) is 19.6 Å². The van der Waals surface area contributed by atoms with Gasteiger partial charge in [0.1, 0.15) is 11.2 Å². The highest BCUT2D eigenvalue weighted by Gasteiger charge is 2.20. The fraction of sp³-hybridized carbons (Fsp3) is 0.300. The number of aromatic nitrogens is 4. The number of oxime groups is 1. The third-order valence-electron chi connectivity index (χ3n) is 4.92. The topological polar surface area (TPSA) is 64.7 Å². The number of nitrogens with zero attached hydrogens (tertiary/aromatic N) is 5. The van der Waals surface area contributed by atoms with E-state index in [1.165, 1.54) is 28.7 Å². The molecule has 27 heavy (non-hydrogen) atoms. The molecule has 0 bridgehead atoms. The zero-order valence-corrected chi connectivity index (χ0v) is 15.9. The number of rotatable bonds is 4. The monoisotopic (exact) mass is 377 g/mol. The number of aryl methyl sites for hydroxylation is 2. The van der Waals surface area contributed by atoms with E-state index in [-0.39, 0.29) is 6.61 Å². The fourth-order valence-electron chi connectivity index (χ4n) is 3.58. The maximum atomic E-state index is 5.50. The first kappa shape index (κ1) is 16.4. The van der Waals surface area contributed by atoms with Crippen LogP contribution in [0.15, 0.2) is 41.8 Å². The summed E-state index contributed by atoms with van der Waals surface area (Å²) >= 11 is 1.80. The molecule has 0 fully saturated rings. The number of fused-ring (bicyclic) bond motifs is 5. The quantitative estimate of drug-likeness (QED) is 0.396. The van der Waals surface area contributed by atoms with Gasteiger partial charge in [0.15, 0.2) is 18.1 Å². The van der Waals surface area contributed by atoms with E-state index in [0.717, 1.165) is 34.6 Å². The summed E-state index contributed by atoms with van der Waals surface area (Å²) in [5, 5.41) is 9.88. The molecule has 0 atom stereocenters. The SMILES string of the molecule is C/C(=N/OCc1nc2c3c4c(sc3ncn2n1)CCCC4)c1ccccc1. The largest absolute Gasteiger partial charge is 0.387 e. The van der Waals surface area contributed by atoms with E-state index in [9.17, 15) is 0 Å². The molecule has 0 unspecified atom stereocenters. The summed E-state index contributed by atoms with van der Waals surface area (Å²) in [5.41, 5.74) is 4.16. The van der Waals surface area contributed by atoms with E-state index >= 15 is 0 Å². The van der Waals surface area contributed by atoms with Crippen LogP contribution in [-0.2, 0) is 24.3 Å². The number of hydrogen-bond donors (Lipinski definition) is 0. The van der Waals surface area contributed by atoms with Crippen LogP contribution in [0.1, 0.15) is 41.6 Å². The maximum absolute atomic E-state index is 5.50. The van der Waals surface area contributed by atoms with Crippen LogP contribution in [0.5, 0.6) is 0 Å². The van der Waals surface area contributed by atoms with Crippen molar-refractivity contribution in [1.29, 1.82) is 0 Å². The van der Waals surface area contributed by atoms with Gasteiger partial charge in [0, 0.05) is 4.88 Å². The zero-order chi connectivity index (χ0) is 18.2. The van der Waals surface area contributed by atoms with Gasteiger partial charge in [-0.3, -0.25) is 0 Å². The van der Waals surface area contributed by atoms with Gasteiger partial charge in [-0.15, -0.1) is 16.4 Å². The highest BCUT2D eigenvalue weighted by Crippen LogP contribution is 2.36. The lowest BCUT2D eigenvalue weighted by Gasteiger charge is -2.09. The van der Waals surface area contributed by atoms with Crippen LogP contribution in [0.2, 0.25) is 0 Å². The van der Waals surface area contributed by atoms with E-state index in [1.807, 2.05) is 37.3 Å². The second-order valence-electron chi connectivity index (χ2n) is 6.75. The summed E-state index contributed by atoms with van der Waals surface area (Å²) in [6.07, 6.45) is 6.50. The summed E-state index contributed by atoms with van der Waals surface area (Å²) in [5.74, 6) is 0.615. The Morgan fingerprint density at radius 1 is 1.22 bits per heavy atom. The average Bonchev–Trinajstić information content (AvgIpc) is 3.28. The zero-order valence-electron chi connectivity index (χ0n) is 15.1. The van der Waals surface area contributed by atoms with Crippen LogP contribution in [0, 0.1) is 0 Å². The van der Waals surface area contributed by atoms with Crippen molar-refractivity contribution < 1.29 is 4.84 Å². The molecule has 136 valence electrons. The Balaban J connectivity index is 1.43. The Labute approximate surface area is 160 Å². The normalized spacial score (nSPS) is 14.6. The second kappa shape index (κ2) is 6.74. The predicted molar refractivity (Wildman–Crippen MR) is 106 cm³/mol. The summed E-state index contributed by atoms with van der Waals surface area (Å²) in [7, 11) is 0. The molecule has 1 aliphatic rings. The Kier molecular flexibility index (Phi) is 4.09. The molecule has 7 heteroatoms. The van der Waals surface area contributed by atoms with Crippen LogP contribution >= 0.6 is 11.3 Å². The molecule has 4 aromatic rings. The first-order chi connectivity index (χ1) is 13.3. The van der Waals surface area contributed by atoms with Crippen LogP contribution in [-0.4, -0.2) is 25.3 Å². The summed E-state index contributed by atoms with van der Waals surface area (Å²) in [4.78, 5) is 17.3. The lowest BCUT2D eigenvalue weighted by atomic mass is 9.97. The first-order valence-corrected chi connectivity index (χ1v) is 9.98. The minimum absolute atomic E-state index is 0.236. The summed E-state index contributed by atoms with van der Waals surface area (Å²) in [6, 6.07) is 9.97. The van der Waals surface area contributed by atoms with E-state index < -0.39 is 0 Å². The third-order valence-corrected chi connectivity index (χ3v) is 6.12. The molecule has 0 saturated heterocycles. The predicted octanol–water partition coefficient (Wildman–Crippen LogP) is 4.16. The lowest BCUT2D eigenvalue weighted by molar-refractivity contribution is 0.125. The fourth-order valence-corrected chi connectivity index (χ4v) is 4.80. The van der Waals surface area contributed by atoms with Crippen LogP contribution in [0.4, 0.5) is 0 Å². The Morgan fingerprint density at radius 3 is 2.96 bits per heavy atom. The standard InChI is InChI=1S/C20H19N5OS/c1-13(14-7-3-2-4-8-14)24-26-11-17-22-19-18-15-9-5-6-10-16(15)27-20(18)21-12-25(19)23-17/h2-4,7-8,12H,5-6,9-11H2,1H3/b24-13-. The highest BCUT2D eigenvalue weighted by molar-refractivity contribution is 7.19. The van der Waals surface area contributed by atoms with Crippen molar-refractivity contribution in [2.24, 2.45) is 5.16 Å². The molecule has 0 radical (unpaired) electrons. The second-order valence-corrected chi connectivity index (χ2v) is 7.83. The summed E-state index contributed by atoms with van der Waals surface area (Å²) in [6.45, 7) is 2.16. The molecule has 5 rings (SSSR count). The molecule has 1 aromatic carbocycles. The van der Waals surface area contributed by atoms with E-state index in [4.69, 9.17) is 9.82 Å². The van der Waals surface area contributed by atoms with Crippen molar-refractivity contribution in [3.63, 3.8) is 0 Å². The number of benzene rings is 1. The smallest absolute Gasteiger partial charge is 0.192 e. The molecule has 0 amide bonds. The van der Waals surface area contributed by atoms with Crippen LogP contribution in [0.25, 0.3) is 15.9 Å². The van der Waals surface area contributed by atoms with Gasteiger partial charge in [-0.2, -0.15) is 0 Å². The van der Waals surface area contributed by atoms with Gasteiger partial charge in [-0.25, -0.2) is 14.5 Å². The Hall–Kier alpha value is -2.80. The molecule has 3 heterocycles. The molecular weight excluding hydrogens is 358 g/mol. The molecule has 6 nitrogen and oxygen atoms in total. The van der Waals surface area contributed by atoms with Gasteiger partial charge < -0.3 is 4.84 Å². The van der Waals surface area contributed by atoms with Gasteiger partial charge in [-0.1, -0.05) is 35.5 Å². The van der Waals surface area contributed by atoms with E-state index in [0.29, 0.717) is 5.82 Å². The molecule has 1 aliphatic carbocycles. The van der Waals surface area contributed by atoms with Crippen molar-refractivity contribution in [3.8, 4) is 0 Å². The van der Waals surface area contributed by atoms with Crippen LogP contribution < -0.4 is 0 Å². The van der Waals surface area contributed by atoms with Gasteiger partial charge in [-0.05, 0) is 43.7 Å². The van der Waals surface area contributed by atoms with Crippen molar-refractivity contribution >= 4 is 32.9 Å². The van der Waals surface area contributed by atoms with Crippen LogP contribution in [0.3, 0.4) is 0 Å². The third kappa shape index (κ3) is 2.98. The highest BCUT2D eigenvalue weighted by atomic mass is 32.1. The van der Waals surface area contributed by atoms with Gasteiger partial charge in [0.05, 0.1) is 11.1 Å². The molecule has 0 aliphatic heterocycles.